The van der Waals surface area contributed by atoms with Gasteiger partial charge in [-0.05, 0) is 12.8 Å². The number of aliphatic hydroxyl groups is 1. The third kappa shape index (κ3) is 77.5. The second kappa shape index (κ2) is 77.5. The van der Waals surface area contributed by atoms with Gasteiger partial charge in [-0.15, -0.1) is 0 Å². The lowest BCUT2D eigenvalue weighted by molar-refractivity contribution is 0.469. The summed E-state index contributed by atoms with van der Waals surface area (Å²) >= 11 is 0. The molecule has 1 nitrogen and oxygen atoms in total. The van der Waals surface area contributed by atoms with E-state index in [9.17, 15) is 0 Å². The van der Waals surface area contributed by atoms with Crippen LogP contribution in [-0.2, 0) is 0 Å². The zero-order chi connectivity index (χ0) is 56.4. The molecule has 0 aromatic rings. The van der Waals surface area contributed by atoms with Gasteiger partial charge in [0.2, 0.25) is 0 Å². The largest absolute Gasteiger partial charge is 0.516 e. The Kier molecular flexibility index (Phi) is 77.1. The molecular formula is C78H156O. The van der Waals surface area contributed by atoms with Crippen molar-refractivity contribution >= 4 is 0 Å². The molecule has 0 aromatic heterocycles. The maximum Gasteiger partial charge on any atom is 0.0751 e. The van der Waals surface area contributed by atoms with E-state index in [4.69, 9.17) is 5.11 Å². The van der Waals surface area contributed by atoms with Crippen LogP contribution >= 0.6 is 0 Å². The molecular weight excluding hydrogens is 953 g/mol. The first kappa shape index (κ1) is 78.5. The zero-order valence-electron chi connectivity index (χ0n) is 55.6. The maximum absolute atomic E-state index is 8.66. The zero-order valence-corrected chi connectivity index (χ0v) is 55.6. The van der Waals surface area contributed by atoms with Gasteiger partial charge in [-0.25, -0.2) is 0 Å². The molecule has 0 saturated carbocycles. The summed E-state index contributed by atoms with van der Waals surface area (Å²) in [6.07, 6.45) is 114. The molecule has 0 radical (unpaired) electrons. The summed E-state index contributed by atoms with van der Waals surface area (Å²) in [5.41, 5.74) is 0. The van der Waals surface area contributed by atoms with Gasteiger partial charge in [0.05, 0.1) is 6.26 Å². The minimum atomic E-state index is 1.04. The van der Waals surface area contributed by atoms with Crippen molar-refractivity contribution in [1.82, 2.24) is 0 Å². The van der Waals surface area contributed by atoms with E-state index in [2.05, 4.69) is 6.92 Å². The predicted octanol–water partition coefficient (Wildman–Crippen LogP) is 30.3. The molecule has 0 fully saturated rings. The number of hydrogen-bond acceptors (Lipinski definition) is 1. The number of unbranched alkanes of at least 4 members (excludes halogenated alkanes) is 74. The lowest BCUT2D eigenvalue weighted by Gasteiger charge is -2.05. The first-order chi connectivity index (χ1) is 39.4. The van der Waals surface area contributed by atoms with Crippen LogP contribution in [0.25, 0.3) is 0 Å². The van der Waals surface area contributed by atoms with Gasteiger partial charge in [-0.1, -0.05) is 482 Å². The molecule has 0 heterocycles. The molecule has 0 aliphatic heterocycles. The summed E-state index contributed by atoms with van der Waals surface area (Å²) in [6, 6.07) is 0. The second-order valence-electron chi connectivity index (χ2n) is 27.0. The minimum absolute atomic E-state index is 1.04. The SMILES string of the molecule is CCCCCCCCCCCCCCCCCCCCCCCCCCCCCCCCCCCCCCCCCCCCCCCCCCCCCCCCCCCCCCCCCCCCCCCCCCCCC=CO. The number of aliphatic hydroxyl groups excluding tert-OH is 1. The molecule has 474 valence electrons. The van der Waals surface area contributed by atoms with Crippen molar-refractivity contribution in [3.63, 3.8) is 0 Å². The third-order valence-corrected chi connectivity index (χ3v) is 18.8. The molecule has 0 rings (SSSR count). The summed E-state index contributed by atoms with van der Waals surface area (Å²) in [4.78, 5) is 0. The highest BCUT2D eigenvalue weighted by Gasteiger charge is 2.02. The van der Waals surface area contributed by atoms with Gasteiger partial charge in [0, 0.05) is 0 Å². The van der Waals surface area contributed by atoms with Gasteiger partial charge in [0.1, 0.15) is 0 Å². The third-order valence-electron chi connectivity index (χ3n) is 18.8. The van der Waals surface area contributed by atoms with Crippen LogP contribution in [0.5, 0.6) is 0 Å². The van der Waals surface area contributed by atoms with E-state index in [-0.39, 0.29) is 0 Å². The van der Waals surface area contributed by atoms with E-state index in [1.807, 2.05) is 6.08 Å². The average molecular weight is 1110 g/mol. The molecule has 0 saturated heterocycles. The molecule has 0 aromatic carbocycles. The first-order valence-corrected chi connectivity index (χ1v) is 38.7. The molecule has 0 aliphatic rings. The molecule has 0 spiro atoms. The number of hydrogen-bond donors (Lipinski definition) is 1. The summed E-state index contributed by atoms with van der Waals surface area (Å²) in [5.74, 6) is 0. The summed E-state index contributed by atoms with van der Waals surface area (Å²) in [7, 11) is 0. The molecule has 0 atom stereocenters. The van der Waals surface area contributed by atoms with E-state index in [0.717, 1.165) is 6.42 Å². The first-order valence-electron chi connectivity index (χ1n) is 38.7. The maximum atomic E-state index is 8.66. The van der Waals surface area contributed by atoms with E-state index >= 15 is 0 Å². The van der Waals surface area contributed by atoms with Crippen LogP contribution in [0.3, 0.4) is 0 Å². The van der Waals surface area contributed by atoms with Crippen molar-refractivity contribution < 1.29 is 5.11 Å². The van der Waals surface area contributed by atoms with Crippen LogP contribution in [0.4, 0.5) is 0 Å². The van der Waals surface area contributed by atoms with Crippen LogP contribution in [0.1, 0.15) is 488 Å². The Hall–Kier alpha value is -0.460. The number of rotatable bonds is 75. The van der Waals surface area contributed by atoms with Crippen LogP contribution in [-0.4, -0.2) is 5.11 Å². The van der Waals surface area contributed by atoms with Gasteiger partial charge >= 0.3 is 0 Å². The Morgan fingerprint density at radius 1 is 0.139 bits per heavy atom. The Morgan fingerprint density at radius 3 is 0.316 bits per heavy atom. The quantitative estimate of drug-likeness (QED) is 0.0475. The van der Waals surface area contributed by atoms with Crippen LogP contribution in [0, 0.1) is 0 Å². The van der Waals surface area contributed by atoms with Crippen molar-refractivity contribution in [2.24, 2.45) is 0 Å². The van der Waals surface area contributed by atoms with Crippen molar-refractivity contribution in [1.29, 1.82) is 0 Å². The van der Waals surface area contributed by atoms with E-state index < -0.39 is 0 Å². The fourth-order valence-corrected chi connectivity index (χ4v) is 13.1. The van der Waals surface area contributed by atoms with Crippen molar-refractivity contribution in [2.45, 2.75) is 488 Å². The molecule has 1 heteroatoms. The second-order valence-corrected chi connectivity index (χ2v) is 27.0. The smallest absolute Gasteiger partial charge is 0.0751 e. The average Bonchev–Trinajstić information content (AvgIpc) is 3.46. The topological polar surface area (TPSA) is 20.2 Å². The van der Waals surface area contributed by atoms with Crippen molar-refractivity contribution in [2.75, 3.05) is 0 Å². The molecule has 0 bridgehead atoms. The normalized spacial score (nSPS) is 11.9. The molecule has 0 aliphatic carbocycles. The van der Waals surface area contributed by atoms with E-state index in [0.29, 0.717) is 0 Å². The minimum Gasteiger partial charge on any atom is -0.516 e. The van der Waals surface area contributed by atoms with Crippen LogP contribution < -0.4 is 0 Å². The Labute approximate surface area is 503 Å². The van der Waals surface area contributed by atoms with Crippen LogP contribution in [0.15, 0.2) is 12.3 Å². The Morgan fingerprint density at radius 2 is 0.228 bits per heavy atom. The van der Waals surface area contributed by atoms with Crippen LogP contribution in [0.2, 0.25) is 0 Å². The highest BCUT2D eigenvalue weighted by Crippen LogP contribution is 2.21. The fourth-order valence-electron chi connectivity index (χ4n) is 13.1. The summed E-state index contributed by atoms with van der Waals surface area (Å²) in [5, 5.41) is 8.66. The standard InChI is InChI=1S/C78H156O/c1-2-3-4-5-6-7-8-9-10-11-12-13-14-15-16-17-18-19-20-21-22-23-24-25-26-27-28-29-30-31-32-33-34-35-36-37-38-39-40-41-42-43-44-45-46-47-48-49-50-51-52-53-54-55-56-57-58-59-60-61-62-63-64-65-66-67-68-69-70-71-72-73-74-75-76-77-78-79/h77-79H,2-76H2,1H3. The van der Waals surface area contributed by atoms with E-state index in [1.54, 1.807) is 0 Å². The lowest BCUT2D eigenvalue weighted by atomic mass is 10.0. The molecule has 0 amide bonds. The molecule has 79 heavy (non-hydrogen) atoms. The summed E-state index contributed by atoms with van der Waals surface area (Å²) < 4.78 is 0. The van der Waals surface area contributed by atoms with Gasteiger partial charge in [0.25, 0.3) is 0 Å². The van der Waals surface area contributed by atoms with Gasteiger partial charge < -0.3 is 5.11 Å². The van der Waals surface area contributed by atoms with Crippen molar-refractivity contribution in [3.8, 4) is 0 Å². The Balaban J connectivity index is 3.08. The lowest BCUT2D eigenvalue weighted by Crippen LogP contribution is -1.85. The predicted molar refractivity (Wildman–Crippen MR) is 364 cm³/mol. The monoisotopic (exact) mass is 1110 g/mol. The van der Waals surface area contributed by atoms with Gasteiger partial charge in [-0.2, -0.15) is 0 Å². The highest BCUT2D eigenvalue weighted by molar-refractivity contribution is 4.70. The summed E-state index contributed by atoms with van der Waals surface area (Å²) in [6.45, 7) is 2.32. The van der Waals surface area contributed by atoms with Gasteiger partial charge in [0.15, 0.2) is 0 Å². The molecule has 0 unspecified atom stereocenters. The molecule has 1 N–H and O–H groups in total. The number of allylic oxidation sites excluding steroid dienone is 1. The Bertz CT molecular complexity index is 1020. The highest BCUT2D eigenvalue weighted by atomic mass is 16.2. The van der Waals surface area contributed by atoms with E-state index in [1.165, 1.54) is 481 Å². The fraction of sp³-hybridized carbons (Fsp3) is 0.974. The van der Waals surface area contributed by atoms with Gasteiger partial charge in [-0.3, -0.25) is 0 Å². The van der Waals surface area contributed by atoms with Crippen molar-refractivity contribution in [3.05, 3.63) is 12.3 Å².